The molecule has 0 unspecified atom stereocenters. The molecule has 4 N–H and O–H groups in total. The fourth-order valence-electron chi connectivity index (χ4n) is 8.66. The number of nitrogens with one attached hydrogen (secondary N) is 2. The molecule has 4 aliphatic heterocycles. The molecular formula is C36H50N4O4. The smallest absolute Gasteiger partial charge is 0.307 e. The van der Waals surface area contributed by atoms with E-state index in [-0.39, 0.29) is 0 Å². The van der Waals surface area contributed by atoms with Crippen molar-refractivity contribution in [2.45, 2.75) is 77.3 Å². The minimum absolute atomic E-state index is 0.822. The van der Waals surface area contributed by atoms with Crippen molar-refractivity contribution in [1.82, 2.24) is 10.6 Å². The maximum absolute atomic E-state index is 10.2. The number of benzene rings is 2. The zero-order valence-corrected chi connectivity index (χ0v) is 26.4. The summed E-state index contributed by atoms with van der Waals surface area (Å²) in [5.74, 6) is -0.218. The number of anilines is 2. The Morgan fingerprint density at radius 2 is 1.14 bits per heavy atom. The first kappa shape index (κ1) is 30.9. The number of nitrogens with zero attached hydrogens (tertiary/aromatic N) is 2. The summed E-state index contributed by atoms with van der Waals surface area (Å²) in [6.07, 6.45) is 8.59. The van der Waals surface area contributed by atoms with Gasteiger partial charge in [-0.15, -0.1) is 0 Å². The Labute approximate surface area is 262 Å². The van der Waals surface area contributed by atoms with Crippen LogP contribution in [0.3, 0.4) is 0 Å². The van der Waals surface area contributed by atoms with Crippen molar-refractivity contribution in [3.05, 3.63) is 58.7 Å². The van der Waals surface area contributed by atoms with E-state index < -0.39 is 23.8 Å². The Balaban J connectivity index is 0.000000122. The second-order valence-corrected chi connectivity index (χ2v) is 13.8. The van der Waals surface area contributed by atoms with Gasteiger partial charge in [0.2, 0.25) is 0 Å². The second kappa shape index (κ2) is 13.5. The minimum Gasteiger partial charge on any atom is -0.481 e. The molecule has 2 fully saturated rings. The number of para-hydroxylation sites is 2. The van der Waals surface area contributed by atoms with E-state index in [4.69, 9.17) is 10.2 Å². The number of aliphatic carboxylic acids is 2. The van der Waals surface area contributed by atoms with Gasteiger partial charge in [-0.2, -0.15) is 0 Å². The van der Waals surface area contributed by atoms with Gasteiger partial charge >= 0.3 is 11.9 Å². The largest absolute Gasteiger partial charge is 0.481 e. The summed E-state index contributed by atoms with van der Waals surface area (Å²) < 4.78 is 0. The van der Waals surface area contributed by atoms with Crippen LogP contribution in [0, 0.1) is 23.7 Å². The first-order valence-corrected chi connectivity index (χ1v) is 16.9. The van der Waals surface area contributed by atoms with E-state index in [2.05, 4.69) is 56.8 Å². The van der Waals surface area contributed by atoms with Crippen molar-refractivity contribution in [3.63, 3.8) is 0 Å². The Morgan fingerprint density at radius 1 is 0.705 bits per heavy atom. The van der Waals surface area contributed by atoms with E-state index in [0.29, 0.717) is 0 Å². The zero-order chi connectivity index (χ0) is 30.8. The van der Waals surface area contributed by atoms with Gasteiger partial charge in [-0.3, -0.25) is 9.59 Å². The predicted octanol–water partition coefficient (Wildman–Crippen LogP) is 5.41. The Kier molecular flexibility index (Phi) is 9.48. The second-order valence-electron chi connectivity index (χ2n) is 13.8. The highest BCUT2D eigenvalue weighted by Crippen LogP contribution is 2.50. The average molecular weight is 603 g/mol. The lowest BCUT2D eigenvalue weighted by molar-refractivity contribution is -0.152. The molecule has 4 heterocycles. The fourth-order valence-corrected chi connectivity index (χ4v) is 8.66. The summed E-state index contributed by atoms with van der Waals surface area (Å²) in [5.41, 5.74) is 9.51. The lowest BCUT2D eigenvalue weighted by atomic mass is 9.82. The number of hydrogen-bond donors (Lipinski definition) is 4. The molecule has 2 saturated carbocycles. The molecule has 238 valence electrons. The van der Waals surface area contributed by atoms with E-state index >= 15 is 0 Å². The highest BCUT2D eigenvalue weighted by Gasteiger charge is 2.39. The van der Waals surface area contributed by atoms with Gasteiger partial charge in [0.05, 0.1) is 11.8 Å². The molecule has 8 nitrogen and oxygen atoms in total. The molecule has 6 atom stereocenters. The third kappa shape index (κ3) is 6.20. The maximum atomic E-state index is 10.2. The Bertz CT molecular complexity index is 1250. The number of hydrogen-bond acceptors (Lipinski definition) is 6. The summed E-state index contributed by atoms with van der Waals surface area (Å²) in [6, 6.07) is 13.9. The molecule has 0 radical (unpaired) electrons. The highest BCUT2D eigenvalue weighted by atomic mass is 16.4. The van der Waals surface area contributed by atoms with Crippen LogP contribution in [0.4, 0.5) is 11.4 Å². The maximum Gasteiger partial charge on any atom is 0.307 e. The molecule has 0 aromatic heterocycles. The predicted molar refractivity (Wildman–Crippen MR) is 174 cm³/mol. The molecule has 2 aromatic carbocycles. The third-order valence-corrected chi connectivity index (χ3v) is 11.2. The molecule has 8 rings (SSSR count). The number of carboxylic acids is 2. The van der Waals surface area contributed by atoms with Crippen LogP contribution in [0.1, 0.15) is 86.5 Å². The van der Waals surface area contributed by atoms with Crippen molar-refractivity contribution in [2.24, 2.45) is 23.7 Å². The van der Waals surface area contributed by atoms with Gasteiger partial charge in [0.25, 0.3) is 0 Å². The summed E-state index contributed by atoms with van der Waals surface area (Å²) >= 11 is 0. The van der Waals surface area contributed by atoms with Gasteiger partial charge in [0, 0.05) is 63.7 Å². The summed E-state index contributed by atoms with van der Waals surface area (Å²) in [5, 5.41) is 23.8. The van der Waals surface area contributed by atoms with E-state index in [0.717, 1.165) is 49.9 Å². The Morgan fingerprint density at radius 3 is 1.55 bits per heavy atom. The van der Waals surface area contributed by atoms with Gasteiger partial charge in [-0.1, -0.05) is 63.1 Å². The molecular weight excluding hydrogens is 552 g/mol. The van der Waals surface area contributed by atoms with Gasteiger partial charge in [0.15, 0.2) is 0 Å². The van der Waals surface area contributed by atoms with Crippen LogP contribution >= 0.6 is 0 Å². The third-order valence-electron chi connectivity index (χ3n) is 11.2. The molecule has 0 amide bonds. The van der Waals surface area contributed by atoms with Crippen molar-refractivity contribution in [3.8, 4) is 0 Å². The van der Waals surface area contributed by atoms with Gasteiger partial charge in [0.1, 0.15) is 0 Å². The molecule has 44 heavy (non-hydrogen) atoms. The van der Waals surface area contributed by atoms with Crippen LogP contribution in [0.2, 0.25) is 0 Å². The average Bonchev–Trinajstić information content (AvgIpc) is 3.60. The van der Waals surface area contributed by atoms with Crippen molar-refractivity contribution < 1.29 is 19.8 Å². The topological polar surface area (TPSA) is 105 Å². The molecule has 2 aliphatic carbocycles. The van der Waals surface area contributed by atoms with Crippen LogP contribution < -0.4 is 20.4 Å². The lowest BCUT2D eigenvalue weighted by Crippen LogP contribution is -2.38. The lowest BCUT2D eigenvalue weighted by Gasteiger charge is -2.38. The molecule has 2 aromatic rings. The van der Waals surface area contributed by atoms with Crippen molar-refractivity contribution in [2.75, 3.05) is 49.1 Å². The first-order chi connectivity index (χ1) is 21.3. The molecule has 6 aliphatic rings. The van der Waals surface area contributed by atoms with Crippen LogP contribution in [-0.4, -0.2) is 61.4 Å². The van der Waals surface area contributed by atoms with Gasteiger partial charge in [-0.25, -0.2) is 0 Å². The van der Waals surface area contributed by atoms with Crippen LogP contribution in [0.5, 0.6) is 0 Å². The summed E-state index contributed by atoms with van der Waals surface area (Å²) in [6.45, 7) is 12.1. The highest BCUT2D eigenvalue weighted by molar-refractivity contribution is 5.79. The quantitative estimate of drug-likeness (QED) is 0.370. The number of carbonyl (C=O) groups is 2. The van der Waals surface area contributed by atoms with Crippen LogP contribution in [-0.2, 0) is 22.7 Å². The van der Waals surface area contributed by atoms with Crippen molar-refractivity contribution in [1.29, 1.82) is 0 Å². The summed E-state index contributed by atoms with van der Waals surface area (Å²) in [4.78, 5) is 25.7. The zero-order valence-electron chi connectivity index (χ0n) is 26.4. The summed E-state index contributed by atoms with van der Waals surface area (Å²) in [7, 11) is 0. The number of rotatable bonds is 3. The fraction of sp³-hybridized carbons (Fsp3) is 0.611. The molecule has 0 bridgehead atoms. The van der Waals surface area contributed by atoms with E-state index in [9.17, 15) is 9.59 Å². The van der Waals surface area contributed by atoms with Gasteiger partial charge in [-0.05, 0) is 71.6 Å². The molecule has 0 saturated heterocycles. The van der Waals surface area contributed by atoms with Crippen LogP contribution in [0.25, 0.3) is 0 Å². The van der Waals surface area contributed by atoms with E-state index in [1.54, 1.807) is 22.5 Å². The van der Waals surface area contributed by atoms with E-state index in [1.807, 2.05) is 0 Å². The minimum atomic E-state index is -1.07. The molecule has 8 heteroatoms. The number of carboxylic acid groups (broad SMARTS) is 2. The first-order valence-electron chi connectivity index (χ1n) is 16.9. The van der Waals surface area contributed by atoms with Crippen molar-refractivity contribution >= 4 is 23.3 Å². The normalized spacial score (nSPS) is 27.3. The van der Waals surface area contributed by atoms with Gasteiger partial charge < -0.3 is 30.6 Å². The SMILES string of the molecule is C[C@@H](C(=O)O)[C@@H](C)C(=O)O.c1cc2c3c(c1)[C@H]1CCC[C@H]1CN3CCNC2.c1cc2c3c(c1)[C@H]1CCC[C@H]1CN3CCNC2. The number of fused-ring (bicyclic) bond motifs is 4. The van der Waals surface area contributed by atoms with E-state index in [1.165, 1.54) is 89.7 Å². The Hall–Kier alpha value is -3.10. The standard InChI is InChI=1S/2C15H20N2.C6H10O4/c2*1-3-11-9-16-7-8-17-10-12-4-2-5-13(12)14(6-1)15(11)17;1-3(5(7)8)4(2)6(9)10/h2*1,3,6,12-13,16H,2,4-5,7-10H2;3-4H,1-2H3,(H,7,8)(H,9,10)/t2*12-,13-;3-,4-/m001/s1. The molecule has 0 spiro atoms. The monoisotopic (exact) mass is 602 g/mol. The van der Waals surface area contributed by atoms with Crippen LogP contribution in [0.15, 0.2) is 36.4 Å².